The Balaban J connectivity index is 0. The van der Waals surface area contributed by atoms with Crippen LogP contribution in [0, 0.1) is 0 Å². The summed E-state index contributed by atoms with van der Waals surface area (Å²) in [7, 11) is -4.17. The van der Waals surface area contributed by atoms with Gasteiger partial charge in [-0.25, -0.2) is 8.42 Å². The van der Waals surface area contributed by atoms with Crippen LogP contribution in [0.4, 0.5) is 0 Å². The third-order valence-electron chi connectivity index (χ3n) is 3.57. The van der Waals surface area contributed by atoms with Gasteiger partial charge in [-0.1, -0.05) is 52.4 Å². The Labute approximate surface area is 146 Å². The van der Waals surface area contributed by atoms with Gasteiger partial charge in [-0.05, 0) is 25.7 Å². The Hall–Kier alpha value is 0.870. The third-order valence-corrected chi connectivity index (χ3v) is 4.86. The van der Waals surface area contributed by atoms with E-state index in [1.54, 1.807) is 0 Å². The Bertz CT molecular complexity index is 306. The second-order valence-electron chi connectivity index (χ2n) is 5.31. The maximum atomic E-state index is 11.2. The summed E-state index contributed by atoms with van der Waals surface area (Å²) in [6, 6.07) is 0. The van der Waals surface area contributed by atoms with E-state index in [2.05, 4.69) is 6.92 Å². The summed E-state index contributed by atoms with van der Waals surface area (Å²) in [6.45, 7) is 4.02. The summed E-state index contributed by atoms with van der Waals surface area (Å²) in [5.41, 5.74) is 0. The van der Waals surface area contributed by atoms with Gasteiger partial charge < -0.3 is 9.66 Å². The van der Waals surface area contributed by atoms with Crippen molar-refractivity contribution in [2.75, 3.05) is 0 Å². The standard InChI is InChI=1S/C14H30O4S.Na/c1-3-5-6-7-11-14(19(16,17)18)12-9-8-10-13(15)4-2;/h13-15H,3-12H2,1-2H3,(H,16,17,18);/q;+1/p-1. The van der Waals surface area contributed by atoms with Crippen LogP contribution in [0.15, 0.2) is 0 Å². The van der Waals surface area contributed by atoms with Gasteiger partial charge in [0, 0.05) is 5.25 Å². The zero-order valence-electron chi connectivity index (χ0n) is 13.3. The maximum absolute atomic E-state index is 11.2. The largest absolute Gasteiger partial charge is 1.00 e. The fourth-order valence-corrected chi connectivity index (χ4v) is 3.10. The Morgan fingerprint density at radius 3 is 1.90 bits per heavy atom. The Morgan fingerprint density at radius 2 is 1.45 bits per heavy atom. The fraction of sp³-hybridized carbons (Fsp3) is 1.00. The first kappa shape index (κ1) is 23.1. The van der Waals surface area contributed by atoms with Gasteiger partial charge >= 0.3 is 29.6 Å². The van der Waals surface area contributed by atoms with Gasteiger partial charge in [-0.15, -0.1) is 0 Å². The molecule has 0 saturated carbocycles. The molecule has 0 aliphatic heterocycles. The smallest absolute Gasteiger partial charge is 0.748 e. The number of hydrogen-bond donors (Lipinski definition) is 1. The minimum atomic E-state index is -4.17. The zero-order valence-corrected chi connectivity index (χ0v) is 16.1. The van der Waals surface area contributed by atoms with E-state index in [0.717, 1.165) is 38.5 Å². The van der Waals surface area contributed by atoms with Crippen molar-refractivity contribution >= 4 is 10.1 Å². The first-order chi connectivity index (χ1) is 8.91. The van der Waals surface area contributed by atoms with Gasteiger partial charge in [-0.3, -0.25) is 0 Å². The van der Waals surface area contributed by atoms with Crippen LogP contribution in [0.3, 0.4) is 0 Å². The number of unbranched alkanes of at least 4 members (excludes halogenated alkanes) is 4. The quantitative estimate of drug-likeness (QED) is 0.317. The van der Waals surface area contributed by atoms with Crippen molar-refractivity contribution in [3.8, 4) is 0 Å². The van der Waals surface area contributed by atoms with E-state index in [-0.39, 0.29) is 35.7 Å². The second kappa shape index (κ2) is 13.5. The molecule has 0 radical (unpaired) electrons. The van der Waals surface area contributed by atoms with E-state index in [0.29, 0.717) is 25.7 Å². The molecule has 0 aromatic carbocycles. The molecule has 4 nitrogen and oxygen atoms in total. The first-order valence-corrected chi connectivity index (χ1v) is 9.01. The molecule has 0 spiro atoms. The summed E-state index contributed by atoms with van der Waals surface area (Å²) in [5.74, 6) is 0. The fourth-order valence-electron chi connectivity index (χ4n) is 2.19. The second-order valence-corrected chi connectivity index (χ2v) is 6.96. The molecule has 0 aromatic rings. The molecule has 116 valence electrons. The molecule has 0 aliphatic rings. The first-order valence-electron chi connectivity index (χ1n) is 7.54. The molecule has 0 rings (SSSR count). The van der Waals surface area contributed by atoms with Crippen molar-refractivity contribution in [1.29, 1.82) is 0 Å². The monoisotopic (exact) mass is 316 g/mol. The van der Waals surface area contributed by atoms with Crippen molar-refractivity contribution < 1.29 is 47.6 Å². The average Bonchev–Trinajstić information content (AvgIpc) is 2.34. The van der Waals surface area contributed by atoms with Crippen LogP contribution in [-0.4, -0.2) is 29.4 Å². The van der Waals surface area contributed by atoms with Gasteiger partial charge in [0.25, 0.3) is 0 Å². The van der Waals surface area contributed by atoms with Crippen LogP contribution in [0.5, 0.6) is 0 Å². The van der Waals surface area contributed by atoms with Crippen LogP contribution in [0.2, 0.25) is 0 Å². The van der Waals surface area contributed by atoms with Gasteiger partial charge in [0.2, 0.25) is 0 Å². The predicted molar refractivity (Wildman–Crippen MR) is 77.0 cm³/mol. The molecule has 2 unspecified atom stereocenters. The van der Waals surface area contributed by atoms with Gasteiger partial charge in [0.15, 0.2) is 0 Å². The molecule has 20 heavy (non-hydrogen) atoms. The van der Waals surface area contributed by atoms with Crippen LogP contribution < -0.4 is 29.6 Å². The van der Waals surface area contributed by atoms with Crippen LogP contribution in [0.1, 0.15) is 78.1 Å². The molecular formula is C14H29NaO4S. The van der Waals surface area contributed by atoms with E-state index in [1.165, 1.54) is 0 Å². The van der Waals surface area contributed by atoms with Crippen molar-refractivity contribution in [3.05, 3.63) is 0 Å². The van der Waals surface area contributed by atoms with Crippen molar-refractivity contribution in [2.24, 2.45) is 0 Å². The van der Waals surface area contributed by atoms with E-state index in [9.17, 15) is 18.1 Å². The molecule has 0 bridgehead atoms. The van der Waals surface area contributed by atoms with Crippen molar-refractivity contribution in [1.82, 2.24) is 0 Å². The minimum absolute atomic E-state index is 0. The molecule has 0 fully saturated rings. The van der Waals surface area contributed by atoms with E-state index >= 15 is 0 Å². The molecule has 0 heterocycles. The average molecular weight is 316 g/mol. The summed E-state index contributed by atoms with van der Waals surface area (Å²) in [6.07, 6.45) is 7.54. The number of aliphatic hydroxyl groups is 1. The molecule has 0 aromatic heterocycles. The summed E-state index contributed by atoms with van der Waals surface area (Å²) < 4.78 is 33.5. The van der Waals surface area contributed by atoms with E-state index in [1.807, 2.05) is 6.92 Å². The van der Waals surface area contributed by atoms with Gasteiger partial charge in [0.1, 0.15) is 0 Å². The van der Waals surface area contributed by atoms with Crippen molar-refractivity contribution in [2.45, 2.75) is 89.4 Å². The van der Waals surface area contributed by atoms with Crippen LogP contribution in [-0.2, 0) is 10.1 Å². The van der Waals surface area contributed by atoms with Gasteiger partial charge in [-0.2, -0.15) is 0 Å². The molecule has 2 atom stereocenters. The van der Waals surface area contributed by atoms with Gasteiger partial charge in [0.05, 0.1) is 16.2 Å². The third kappa shape index (κ3) is 12.6. The Kier molecular flexibility index (Phi) is 15.7. The molecule has 1 N–H and O–H groups in total. The maximum Gasteiger partial charge on any atom is 1.00 e. The Morgan fingerprint density at radius 1 is 0.950 bits per heavy atom. The van der Waals surface area contributed by atoms with Crippen LogP contribution >= 0.6 is 0 Å². The SMILES string of the molecule is CCCCCCC(CCCCC(O)CC)S(=O)(=O)[O-].[Na+]. The van der Waals surface area contributed by atoms with Crippen LogP contribution in [0.25, 0.3) is 0 Å². The summed E-state index contributed by atoms with van der Waals surface area (Å²) >= 11 is 0. The zero-order chi connectivity index (χ0) is 14.7. The van der Waals surface area contributed by atoms with Crippen molar-refractivity contribution in [3.63, 3.8) is 0 Å². The summed E-state index contributed by atoms with van der Waals surface area (Å²) in [5, 5.41) is 8.67. The summed E-state index contributed by atoms with van der Waals surface area (Å²) in [4.78, 5) is 0. The topological polar surface area (TPSA) is 77.4 Å². The normalized spacial score (nSPS) is 14.6. The minimum Gasteiger partial charge on any atom is -0.748 e. The molecule has 6 heteroatoms. The van der Waals surface area contributed by atoms with E-state index in [4.69, 9.17) is 0 Å². The number of aliphatic hydroxyl groups excluding tert-OH is 1. The molecule has 0 amide bonds. The number of hydrogen-bond acceptors (Lipinski definition) is 4. The molecular weight excluding hydrogens is 287 g/mol. The predicted octanol–water partition coefficient (Wildman–Crippen LogP) is 0.206. The number of rotatable bonds is 12. The molecule has 0 aliphatic carbocycles. The molecule has 0 saturated heterocycles. The van der Waals surface area contributed by atoms with E-state index < -0.39 is 15.4 Å².